The van der Waals surface area contributed by atoms with Crippen LogP contribution in [0, 0.1) is 0 Å². The second-order valence-corrected chi connectivity index (χ2v) is 4.32. The van der Waals surface area contributed by atoms with Crippen molar-refractivity contribution in [2.75, 3.05) is 0 Å². The summed E-state index contributed by atoms with van der Waals surface area (Å²) in [5.74, 6) is 0.0140. The number of aromatic amines is 1. The second-order valence-electron chi connectivity index (χ2n) is 4.32. The van der Waals surface area contributed by atoms with Crippen LogP contribution in [0.1, 0.15) is 0 Å². The lowest BCUT2D eigenvalue weighted by molar-refractivity contribution is 0.476. The van der Waals surface area contributed by atoms with E-state index in [-0.39, 0.29) is 17.0 Å². The molecule has 6 nitrogen and oxygen atoms in total. The molecule has 0 aliphatic heterocycles. The average molecular weight is 280 g/mol. The van der Waals surface area contributed by atoms with Gasteiger partial charge in [0.15, 0.2) is 5.69 Å². The van der Waals surface area contributed by atoms with Gasteiger partial charge >= 0.3 is 0 Å². The molecule has 0 saturated heterocycles. The number of hydrogen-bond acceptors (Lipinski definition) is 4. The second kappa shape index (κ2) is 5.46. The lowest BCUT2D eigenvalue weighted by Crippen LogP contribution is -2.13. The van der Waals surface area contributed by atoms with Gasteiger partial charge in [0.2, 0.25) is 0 Å². The number of aromatic hydroxyl groups is 1. The lowest BCUT2D eigenvalue weighted by atomic mass is 10.3. The first kappa shape index (κ1) is 12.9. The fraction of sp³-hybridized carbons (Fsp3) is 0. The number of azo groups is 1. The molecule has 2 N–H and O–H groups in total. The van der Waals surface area contributed by atoms with Crippen molar-refractivity contribution in [2.45, 2.75) is 0 Å². The van der Waals surface area contributed by atoms with E-state index in [4.69, 9.17) is 0 Å². The van der Waals surface area contributed by atoms with Gasteiger partial charge in [0.1, 0.15) is 11.4 Å². The first-order valence-electron chi connectivity index (χ1n) is 6.31. The van der Waals surface area contributed by atoms with Crippen LogP contribution in [-0.4, -0.2) is 14.9 Å². The molecule has 0 amide bonds. The molecule has 0 aliphatic rings. The van der Waals surface area contributed by atoms with Crippen molar-refractivity contribution in [3.63, 3.8) is 0 Å². The van der Waals surface area contributed by atoms with Crippen molar-refractivity contribution < 1.29 is 5.11 Å². The lowest BCUT2D eigenvalue weighted by Gasteiger charge is -1.98. The Morgan fingerprint density at radius 3 is 2.33 bits per heavy atom. The average Bonchev–Trinajstić information content (AvgIpc) is 2.88. The molecule has 21 heavy (non-hydrogen) atoms. The number of H-pyrrole nitrogens is 1. The molecule has 0 bridgehead atoms. The molecule has 0 atom stereocenters. The smallest absolute Gasteiger partial charge is 0.298 e. The third kappa shape index (κ3) is 2.59. The third-order valence-corrected chi connectivity index (χ3v) is 2.91. The van der Waals surface area contributed by atoms with E-state index in [1.807, 2.05) is 30.3 Å². The monoisotopic (exact) mass is 280 g/mol. The molecule has 104 valence electrons. The van der Waals surface area contributed by atoms with Gasteiger partial charge in [0.25, 0.3) is 5.56 Å². The van der Waals surface area contributed by atoms with E-state index < -0.39 is 0 Å². The summed E-state index contributed by atoms with van der Waals surface area (Å²) >= 11 is 0. The Kier molecular flexibility index (Phi) is 3.34. The number of nitrogens with one attached hydrogen (secondary N) is 1. The zero-order valence-electron chi connectivity index (χ0n) is 11.0. The van der Waals surface area contributed by atoms with Gasteiger partial charge in [0, 0.05) is 0 Å². The van der Waals surface area contributed by atoms with Gasteiger partial charge in [-0.3, -0.25) is 9.89 Å². The number of hydrogen-bond donors (Lipinski definition) is 2. The third-order valence-electron chi connectivity index (χ3n) is 2.91. The number of benzene rings is 2. The Balaban J connectivity index is 1.94. The van der Waals surface area contributed by atoms with Crippen LogP contribution in [0.4, 0.5) is 11.4 Å². The zero-order chi connectivity index (χ0) is 14.7. The van der Waals surface area contributed by atoms with Crippen molar-refractivity contribution in [2.24, 2.45) is 10.2 Å². The topological polar surface area (TPSA) is 82.7 Å². The van der Waals surface area contributed by atoms with Crippen molar-refractivity contribution in [3.8, 4) is 11.4 Å². The number of para-hydroxylation sites is 2. The first-order chi connectivity index (χ1) is 10.3. The molecule has 3 rings (SSSR count). The van der Waals surface area contributed by atoms with Crippen LogP contribution in [0.5, 0.6) is 5.75 Å². The van der Waals surface area contributed by atoms with Gasteiger partial charge in [-0.2, -0.15) is 0 Å². The van der Waals surface area contributed by atoms with E-state index in [2.05, 4.69) is 15.3 Å². The Morgan fingerprint density at radius 2 is 1.57 bits per heavy atom. The highest BCUT2D eigenvalue weighted by atomic mass is 16.3. The van der Waals surface area contributed by atoms with Gasteiger partial charge < -0.3 is 5.11 Å². The minimum atomic E-state index is -0.305. The quantitative estimate of drug-likeness (QED) is 0.722. The molecule has 0 fully saturated rings. The molecule has 6 heteroatoms. The van der Waals surface area contributed by atoms with Crippen molar-refractivity contribution in [3.05, 3.63) is 71.1 Å². The summed E-state index contributed by atoms with van der Waals surface area (Å²) in [4.78, 5) is 12.2. The van der Waals surface area contributed by atoms with Gasteiger partial charge in [-0.1, -0.05) is 30.3 Å². The summed E-state index contributed by atoms with van der Waals surface area (Å²) < 4.78 is 1.37. The Bertz CT molecular complexity index is 834. The maximum atomic E-state index is 12.2. The van der Waals surface area contributed by atoms with E-state index in [0.717, 1.165) is 0 Å². The molecule has 3 aromatic rings. The number of nitrogens with zero attached hydrogens (tertiary/aromatic N) is 3. The molecule has 2 aromatic carbocycles. The number of phenols is 1. The Labute approximate surface area is 120 Å². The van der Waals surface area contributed by atoms with Crippen LogP contribution in [-0.2, 0) is 0 Å². The molecule has 0 radical (unpaired) electrons. The fourth-order valence-electron chi connectivity index (χ4n) is 1.86. The minimum absolute atomic E-state index is 0.0140. The minimum Gasteiger partial charge on any atom is -0.506 e. The molecule has 0 unspecified atom stereocenters. The molecular weight excluding hydrogens is 268 g/mol. The normalized spacial score (nSPS) is 11.0. The van der Waals surface area contributed by atoms with Gasteiger partial charge in [-0.15, -0.1) is 10.2 Å². The summed E-state index contributed by atoms with van der Waals surface area (Å²) in [6.07, 6.45) is 1.47. The molecule has 0 spiro atoms. The number of aromatic nitrogens is 2. The molecule has 1 heterocycles. The predicted molar refractivity (Wildman–Crippen MR) is 78.7 cm³/mol. The maximum absolute atomic E-state index is 12.2. The van der Waals surface area contributed by atoms with Crippen LogP contribution in [0.3, 0.4) is 0 Å². The van der Waals surface area contributed by atoms with Gasteiger partial charge in [-0.25, -0.2) is 4.68 Å². The summed E-state index contributed by atoms with van der Waals surface area (Å²) in [5, 5.41) is 20.2. The highest BCUT2D eigenvalue weighted by Crippen LogP contribution is 2.26. The number of phenolic OH excluding ortho intramolecular Hbond substituents is 1. The van der Waals surface area contributed by atoms with Crippen LogP contribution < -0.4 is 5.56 Å². The standard InChI is InChI=1S/C15H12N4O2/c20-14-9-5-4-8-12(14)17-18-13-10-16-19(15(13)21)11-6-2-1-3-7-11/h1-10,16,20H/b18-17+. The Morgan fingerprint density at radius 1 is 0.905 bits per heavy atom. The van der Waals surface area contributed by atoms with E-state index in [1.165, 1.54) is 16.9 Å². The van der Waals surface area contributed by atoms with Gasteiger partial charge in [0.05, 0.1) is 11.9 Å². The van der Waals surface area contributed by atoms with Crippen LogP contribution in [0.25, 0.3) is 5.69 Å². The van der Waals surface area contributed by atoms with Crippen LogP contribution in [0.2, 0.25) is 0 Å². The molecule has 0 aliphatic carbocycles. The predicted octanol–water partition coefficient (Wildman–Crippen LogP) is 3.29. The van der Waals surface area contributed by atoms with Crippen molar-refractivity contribution in [1.82, 2.24) is 9.78 Å². The summed E-state index contributed by atoms with van der Waals surface area (Å²) in [6.45, 7) is 0. The van der Waals surface area contributed by atoms with Crippen molar-refractivity contribution in [1.29, 1.82) is 0 Å². The van der Waals surface area contributed by atoms with Gasteiger partial charge in [-0.05, 0) is 24.3 Å². The summed E-state index contributed by atoms with van der Waals surface area (Å²) in [6, 6.07) is 15.7. The number of rotatable bonds is 3. The zero-order valence-corrected chi connectivity index (χ0v) is 11.0. The Hall–Kier alpha value is -3.15. The summed E-state index contributed by atoms with van der Waals surface area (Å²) in [5.41, 5.74) is 0.887. The maximum Gasteiger partial charge on any atom is 0.298 e. The molecule has 1 aromatic heterocycles. The van der Waals surface area contributed by atoms with E-state index in [0.29, 0.717) is 11.4 Å². The SMILES string of the molecule is O=c1c(/N=N/c2ccccc2O)c[nH]n1-c1ccccc1. The van der Waals surface area contributed by atoms with E-state index in [1.54, 1.807) is 18.2 Å². The fourth-order valence-corrected chi connectivity index (χ4v) is 1.86. The largest absolute Gasteiger partial charge is 0.506 e. The van der Waals surface area contributed by atoms with Crippen LogP contribution in [0.15, 0.2) is 75.8 Å². The first-order valence-corrected chi connectivity index (χ1v) is 6.31. The highest BCUT2D eigenvalue weighted by molar-refractivity contribution is 5.50. The van der Waals surface area contributed by atoms with E-state index >= 15 is 0 Å². The molecule has 0 saturated carbocycles. The van der Waals surface area contributed by atoms with E-state index in [9.17, 15) is 9.90 Å². The summed E-state index contributed by atoms with van der Waals surface area (Å²) in [7, 11) is 0. The van der Waals surface area contributed by atoms with Crippen molar-refractivity contribution >= 4 is 11.4 Å². The molecular formula is C15H12N4O2. The van der Waals surface area contributed by atoms with Crippen LogP contribution >= 0.6 is 0 Å². The highest BCUT2D eigenvalue weighted by Gasteiger charge is 2.07.